The molecule has 3 N–H and O–H groups in total. The zero-order valence-electron chi connectivity index (χ0n) is 25.7. The molecular weight excluding hydrogens is 641 g/mol. The number of nitrogens with zero attached hydrogens (tertiary/aromatic N) is 4. The summed E-state index contributed by atoms with van der Waals surface area (Å²) in [5.74, 6) is -6.56. The summed E-state index contributed by atoms with van der Waals surface area (Å²) in [4.78, 5) is 50.0. The lowest BCUT2D eigenvalue weighted by atomic mass is 9.96. The fourth-order valence-corrected chi connectivity index (χ4v) is 4.89. The van der Waals surface area contributed by atoms with Gasteiger partial charge in [-0.15, -0.1) is 0 Å². The number of alkyl halides is 3. The minimum atomic E-state index is -5.40. The average molecular weight is 670 g/mol. The van der Waals surface area contributed by atoms with Crippen molar-refractivity contribution in [1.29, 1.82) is 0 Å². The van der Waals surface area contributed by atoms with Gasteiger partial charge in [0.1, 0.15) is 23.1 Å². The number of hydrogen-bond donors (Lipinski definition) is 3. The van der Waals surface area contributed by atoms with Gasteiger partial charge >= 0.3 is 18.2 Å². The predicted octanol–water partition coefficient (Wildman–Crippen LogP) is 5.79. The molecule has 3 amide bonds. The van der Waals surface area contributed by atoms with Crippen LogP contribution in [0, 0.1) is 18.6 Å². The second kappa shape index (κ2) is 13.6. The van der Waals surface area contributed by atoms with E-state index in [1.165, 1.54) is 13.0 Å². The van der Waals surface area contributed by atoms with E-state index in [2.05, 4.69) is 25.9 Å². The Balaban J connectivity index is 1.71. The number of carbonyl (C=O) groups is 3. The van der Waals surface area contributed by atoms with Crippen molar-refractivity contribution in [3.8, 4) is 17.0 Å². The Kier molecular flexibility index (Phi) is 9.56. The molecule has 0 saturated heterocycles. The molecule has 1 aliphatic heterocycles. The monoisotopic (exact) mass is 669 g/mol. The Morgan fingerprint density at radius 2 is 1.69 bits per heavy atom. The predicted molar refractivity (Wildman–Crippen MR) is 166 cm³/mol. The zero-order valence-corrected chi connectivity index (χ0v) is 25.7. The number of benzene rings is 3. The summed E-state index contributed by atoms with van der Waals surface area (Å²) < 4.78 is 75.1. The third kappa shape index (κ3) is 7.02. The molecule has 3 aromatic carbocycles. The van der Waals surface area contributed by atoms with E-state index in [4.69, 9.17) is 4.74 Å². The molecule has 1 aromatic heterocycles. The summed E-state index contributed by atoms with van der Waals surface area (Å²) in [6.07, 6.45) is -5.40. The van der Waals surface area contributed by atoms with Gasteiger partial charge in [0, 0.05) is 35.5 Å². The van der Waals surface area contributed by atoms with Gasteiger partial charge in [-0.1, -0.05) is 30.3 Å². The summed E-state index contributed by atoms with van der Waals surface area (Å²) in [7, 11) is 3.63. The number of carbonyl (C=O) groups excluding carboxylic acids is 3. The Labute approximate surface area is 270 Å². The number of para-hydroxylation sites is 2. The second-order valence-electron chi connectivity index (χ2n) is 10.8. The Hall–Kier alpha value is -5.64. The number of urea groups is 1. The molecular formula is C32H28F5N7O4. The largest absolute Gasteiger partial charge is 0.491 e. The summed E-state index contributed by atoms with van der Waals surface area (Å²) in [6.45, 7) is 1.86. The van der Waals surface area contributed by atoms with Gasteiger partial charge in [0.2, 0.25) is 5.95 Å². The van der Waals surface area contributed by atoms with Crippen LogP contribution in [0.2, 0.25) is 0 Å². The molecule has 2 heterocycles. The first kappa shape index (κ1) is 33.7. The lowest BCUT2D eigenvalue weighted by Crippen LogP contribution is -2.43. The molecule has 16 heteroatoms. The molecule has 4 aromatic rings. The first-order valence-electron chi connectivity index (χ1n) is 14.4. The van der Waals surface area contributed by atoms with E-state index < -0.39 is 52.7 Å². The third-order valence-electron chi connectivity index (χ3n) is 7.18. The molecule has 0 atom stereocenters. The molecule has 0 bridgehead atoms. The van der Waals surface area contributed by atoms with Crippen molar-refractivity contribution < 1.29 is 41.1 Å². The number of amides is 3. The first-order valence-corrected chi connectivity index (χ1v) is 14.4. The van der Waals surface area contributed by atoms with Crippen molar-refractivity contribution in [2.24, 2.45) is 0 Å². The molecule has 48 heavy (non-hydrogen) atoms. The summed E-state index contributed by atoms with van der Waals surface area (Å²) in [5.41, 5.74) is -0.659. The number of ether oxygens (including phenoxy) is 1. The zero-order chi connectivity index (χ0) is 34.7. The Bertz CT molecular complexity index is 1870. The van der Waals surface area contributed by atoms with Crippen LogP contribution in [-0.2, 0) is 11.3 Å². The highest BCUT2D eigenvalue weighted by Gasteiger charge is 2.42. The molecule has 5 rings (SSSR count). The second-order valence-corrected chi connectivity index (χ2v) is 10.8. The summed E-state index contributed by atoms with van der Waals surface area (Å²) in [6, 6.07) is 12.7. The molecule has 250 valence electrons. The maximum Gasteiger partial charge on any atom is 0.491 e. The number of anilines is 4. The maximum absolute atomic E-state index is 15.0. The average Bonchev–Trinajstić information content (AvgIpc) is 3.02. The SMILES string of the molecule is Cc1c(-c2nc(NCCN(C)C)nc3c2CNC(=O)N3c2c(F)cccc2F)ccc(C(=O)Nc2ccccc2)c1OC(=O)C(F)(F)F. The van der Waals surface area contributed by atoms with Crippen LogP contribution < -0.4 is 25.6 Å². The van der Waals surface area contributed by atoms with Crippen molar-refractivity contribution in [2.75, 3.05) is 42.7 Å². The molecule has 0 saturated carbocycles. The van der Waals surface area contributed by atoms with Crippen molar-refractivity contribution in [2.45, 2.75) is 19.6 Å². The fourth-order valence-electron chi connectivity index (χ4n) is 4.89. The van der Waals surface area contributed by atoms with E-state index in [0.29, 0.717) is 17.1 Å². The Morgan fingerprint density at radius 3 is 2.33 bits per heavy atom. The number of nitrogens with one attached hydrogen (secondary N) is 3. The minimum absolute atomic E-state index is 0.0194. The highest BCUT2D eigenvalue weighted by atomic mass is 19.4. The number of aromatic nitrogens is 2. The van der Waals surface area contributed by atoms with Crippen LogP contribution >= 0.6 is 0 Å². The number of fused-ring (bicyclic) bond motifs is 1. The van der Waals surface area contributed by atoms with Gasteiger partial charge in [-0.05, 0) is 51.4 Å². The van der Waals surface area contributed by atoms with Crippen LogP contribution in [0.15, 0.2) is 60.7 Å². The molecule has 11 nitrogen and oxygen atoms in total. The standard InChI is InChI=1S/C32H28F5N7O4/c1-17-19(12-13-20(26(17)48-29(46)32(35,36)37)28(45)40-18-8-5-4-6-9-18)24-21-16-39-31(47)44(25-22(33)10-7-11-23(25)34)27(21)42-30(41-24)38-14-15-43(2)3/h4-13H,14-16H2,1-3H3,(H,39,47)(H,40,45)(H,38,41,42). The van der Waals surface area contributed by atoms with Crippen molar-refractivity contribution in [3.05, 3.63) is 89.0 Å². The van der Waals surface area contributed by atoms with E-state index in [-0.39, 0.29) is 47.2 Å². The van der Waals surface area contributed by atoms with Crippen molar-refractivity contribution >= 4 is 41.0 Å². The topological polar surface area (TPSA) is 129 Å². The molecule has 0 unspecified atom stereocenters. The van der Waals surface area contributed by atoms with Crippen LogP contribution in [0.25, 0.3) is 11.3 Å². The highest BCUT2D eigenvalue weighted by molar-refractivity contribution is 6.08. The van der Waals surface area contributed by atoms with Crippen LogP contribution in [0.4, 0.5) is 49.9 Å². The van der Waals surface area contributed by atoms with Crippen LogP contribution in [0.1, 0.15) is 21.5 Å². The minimum Gasteiger partial charge on any atom is -0.419 e. The third-order valence-corrected chi connectivity index (χ3v) is 7.18. The number of esters is 1. The van der Waals surface area contributed by atoms with Gasteiger partial charge in [-0.2, -0.15) is 18.2 Å². The number of halogens is 5. The van der Waals surface area contributed by atoms with Crippen LogP contribution in [0.5, 0.6) is 5.75 Å². The molecule has 0 spiro atoms. The van der Waals surface area contributed by atoms with Gasteiger partial charge in [-0.3, -0.25) is 4.79 Å². The quantitative estimate of drug-likeness (QED) is 0.116. The number of rotatable bonds is 9. The van der Waals surface area contributed by atoms with E-state index in [0.717, 1.165) is 24.3 Å². The van der Waals surface area contributed by atoms with Gasteiger partial charge in [0.05, 0.1) is 17.8 Å². The lowest BCUT2D eigenvalue weighted by Gasteiger charge is -2.31. The van der Waals surface area contributed by atoms with Gasteiger partial charge in [0.15, 0.2) is 5.82 Å². The lowest BCUT2D eigenvalue weighted by molar-refractivity contribution is -0.189. The van der Waals surface area contributed by atoms with Crippen LogP contribution in [0.3, 0.4) is 0 Å². The molecule has 0 aliphatic carbocycles. The van der Waals surface area contributed by atoms with E-state index in [9.17, 15) is 27.6 Å². The van der Waals surface area contributed by atoms with Crippen LogP contribution in [-0.4, -0.2) is 66.1 Å². The first-order chi connectivity index (χ1) is 22.8. The fraction of sp³-hybridized carbons (Fsp3) is 0.219. The molecule has 1 aliphatic rings. The van der Waals surface area contributed by atoms with E-state index in [1.807, 2.05) is 19.0 Å². The van der Waals surface area contributed by atoms with Crippen molar-refractivity contribution in [3.63, 3.8) is 0 Å². The normalized spacial score (nSPS) is 12.8. The summed E-state index contributed by atoms with van der Waals surface area (Å²) in [5, 5.41) is 8.06. The van der Waals surface area contributed by atoms with E-state index in [1.54, 1.807) is 30.3 Å². The summed E-state index contributed by atoms with van der Waals surface area (Å²) >= 11 is 0. The maximum atomic E-state index is 15.0. The van der Waals surface area contributed by atoms with Crippen molar-refractivity contribution in [1.82, 2.24) is 20.2 Å². The number of hydrogen-bond acceptors (Lipinski definition) is 8. The Morgan fingerprint density at radius 1 is 1.00 bits per heavy atom. The van der Waals surface area contributed by atoms with Gasteiger partial charge in [0.25, 0.3) is 5.91 Å². The van der Waals surface area contributed by atoms with Gasteiger partial charge < -0.3 is 25.6 Å². The smallest absolute Gasteiger partial charge is 0.419 e. The highest BCUT2D eigenvalue weighted by Crippen LogP contribution is 2.41. The van der Waals surface area contributed by atoms with E-state index >= 15 is 8.78 Å². The number of likely N-dealkylation sites (N-methyl/N-ethyl adjacent to an activating group) is 1. The van der Waals surface area contributed by atoms with Gasteiger partial charge in [-0.25, -0.2) is 28.3 Å². The molecule has 0 radical (unpaired) electrons. The molecule has 0 fully saturated rings.